The van der Waals surface area contributed by atoms with Crippen LogP contribution in [0.4, 0.5) is 0 Å². The van der Waals surface area contributed by atoms with Gasteiger partial charge in [-0.15, -0.1) is 0 Å². The van der Waals surface area contributed by atoms with Crippen LogP contribution >= 0.6 is 0 Å². The van der Waals surface area contributed by atoms with Crippen LogP contribution in [0.3, 0.4) is 0 Å². The fraction of sp³-hybridized carbons (Fsp3) is 0.600. The molecule has 0 bridgehead atoms. The largest absolute Gasteiger partial charge is 0.462 e. The molecule has 0 unspecified atom stereocenters. The minimum atomic E-state index is -1.09. The first kappa shape index (κ1) is 24.0. The number of ether oxygens (including phenoxy) is 3. The number of ketones is 1. The van der Waals surface area contributed by atoms with Gasteiger partial charge in [-0.05, 0) is 63.7 Å². The van der Waals surface area contributed by atoms with Gasteiger partial charge >= 0.3 is 17.9 Å². The van der Waals surface area contributed by atoms with E-state index in [9.17, 15) is 19.2 Å². The topological polar surface area (TPSA) is 96.0 Å². The van der Waals surface area contributed by atoms with E-state index in [2.05, 4.69) is 0 Å². The Bertz CT molecular complexity index is 938. The minimum Gasteiger partial charge on any atom is -0.462 e. The van der Waals surface area contributed by atoms with Gasteiger partial charge in [0.2, 0.25) is 0 Å². The molecular formula is C25H32O7. The normalized spacial score (nSPS) is 34.4. The minimum absolute atomic E-state index is 0.196. The van der Waals surface area contributed by atoms with Crippen molar-refractivity contribution in [1.29, 1.82) is 0 Å². The Morgan fingerprint density at radius 1 is 1.19 bits per heavy atom. The van der Waals surface area contributed by atoms with E-state index in [0.717, 1.165) is 16.7 Å². The summed E-state index contributed by atoms with van der Waals surface area (Å²) < 4.78 is 17.1. The van der Waals surface area contributed by atoms with Crippen molar-refractivity contribution >= 4 is 23.7 Å². The predicted molar refractivity (Wildman–Crippen MR) is 116 cm³/mol. The van der Waals surface area contributed by atoms with E-state index < -0.39 is 29.7 Å². The summed E-state index contributed by atoms with van der Waals surface area (Å²) in [5.74, 6) is -1.92. The van der Waals surface area contributed by atoms with Crippen molar-refractivity contribution in [3.05, 3.63) is 34.4 Å². The molecule has 0 saturated heterocycles. The molecule has 2 aliphatic carbocycles. The lowest BCUT2D eigenvalue weighted by Crippen LogP contribution is -2.57. The lowest BCUT2D eigenvalue weighted by Gasteiger charge is -2.49. The molecule has 3 rings (SSSR count). The van der Waals surface area contributed by atoms with E-state index in [1.54, 1.807) is 13.8 Å². The summed E-state index contributed by atoms with van der Waals surface area (Å²) in [6, 6.07) is 0. The Kier molecular flexibility index (Phi) is 6.77. The van der Waals surface area contributed by atoms with Gasteiger partial charge in [-0.3, -0.25) is 14.4 Å². The average Bonchev–Trinajstić information content (AvgIpc) is 2.97. The van der Waals surface area contributed by atoms with Crippen molar-refractivity contribution in [2.45, 2.75) is 85.5 Å². The standard InChI is InChI=1S/C25H32O7/c1-7-22(28)32-21-9-8-13(2)10-20-17(15(4)24(29)31-20)12-18-14(3)11-19(27)23(25(18,21)6)30-16(5)26/h10-11,18,20-21,23H,7-9,12H2,1-6H3/b13-10-/t18-,20-,21-,23-,25-/m0/s1. The first-order valence-corrected chi connectivity index (χ1v) is 11.2. The second kappa shape index (κ2) is 9.04. The number of carbonyl (C=O) groups is 4. The molecule has 7 nitrogen and oxygen atoms in total. The first-order valence-electron chi connectivity index (χ1n) is 11.2. The Labute approximate surface area is 188 Å². The SMILES string of the molecule is CCC(=O)O[C@H]1CC/C(C)=C\[C@@H]2OC(=O)C(C)=C2C[C@H]2C(C)=CC(=O)[C@H](OC(C)=O)[C@]12C. The van der Waals surface area contributed by atoms with Gasteiger partial charge in [0.05, 0.1) is 5.41 Å². The molecule has 5 atom stereocenters. The van der Waals surface area contributed by atoms with E-state index >= 15 is 0 Å². The molecule has 0 saturated carbocycles. The molecule has 1 aliphatic heterocycles. The Hall–Kier alpha value is -2.70. The fourth-order valence-corrected chi connectivity index (χ4v) is 5.19. The van der Waals surface area contributed by atoms with Crippen molar-refractivity contribution < 1.29 is 33.4 Å². The van der Waals surface area contributed by atoms with Crippen LogP contribution in [0, 0.1) is 11.3 Å². The number of hydrogen-bond donors (Lipinski definition) is 0. The van der Waals surface area contributed by atoms with E-state index in [4.69, 9.17) is 14.2 Å². The molecule has 3 aliphatic rings. The van der Waals surface area contributed by atoms with Crippen LogP contribution < -0.4 is 0 Å². The zero-order chi connectivity index (χ0) is 23.8. The number of carbonyl (C=O) groups excluding carboxylic acids is 4. The molecule has 0 spiro atoms. The van der Waals surface area contributed by atoms with Crippen LogP contribution in [0.5, 0.6) is 0 Å². The highest BCUT2D eigenvalue weighted by Gasteiger charge is 2.56. The van der Waals surface area contributed by atoms with E-state index in [0.29, 0.717) is 24.8 Å². The number of esters is 3. The maximum Gasteiger partial charge on any atom is 0.334 e. The fourth-order valence-electron chi connectivity index (χ4n) is 5.19. The molecule has 174 valence electrons. The van der Waals surface area contributed by atoms with Crippen LogP contribution in [0.1, 0.15) is 67.2 Å². The van der Waals surface area contributed by atoms with Gasteiger partial charge in [0, 0.05) is 18.9 Å². The quantitative estimate of drug-likeness (QED) is 0.371. The molecule has 0 N–H and O–H groups in total. The lowest BCUT2D eigenvalue weighted by atomic mass is 9.59. The third-order valence-corrected chi connectivity index (χ3v) is 7.06. The number of rotatable bonds is 3. The van der Waals surface area contributed by atoms with Crippen LogP contribution in [0.2, 0.25) is 0 Å². The molecular weight excluding hydrogens is 412 g/mol. The van der Waals surface area contributed by atoms with Crippen LogP contribution in [0.15, 0.2) is 34.4 Å². The Morgan fingerprint density at radius 2 is 1.88 bits per heavy atom. The summed E-state index contributed by atoms with van der Waals surface area (Å²) in [7, 11) is 0. The van der Waals surface area contributed by atoms with E-state index in [1.807, 2.05) is 26.8 Å². The van der Waals surface area contributed by atoms with Gasteiger partial charge in [-0.1, -0.05) is 25.0 Å². The summed E-state index contributed by atoms with van der Waals surface area (Å²) in [4.78, 5) is 49.8. The maximum absolute atomic E-state index is 13.1. The highest BCUT2D eigenvalue weighted by molar-refractivity contribution is 5.97. The van der Waals surface area contributed by atoms with Crippen LogP contribution in [0.25, 0.3) is 0 Å². The number of fused-ring (bicyclic) bond motifs is 2. The average molecular weight is 445 g/mol. The zero-order valence-electron chi connectivity index (χ0n) is 19.7. The second-order valence-electron chi connectivity index (χ2n) is 9.26. The van der Waals surface area contributed by atoms with Gasteiger partial charge in [0.15, 0.2) is 11.9 Å². The third-order valence-electron chi connectivity index (χ3n) is 7.06. The van der Waals surface area contributed by atoms with Gasteiger partial charge < -0.3 is 14.2 Å². The summed E-state index contributed by atoms with van der Waals surface area (Å²) >= 11 is 0. The zero-order valence-corrected chi connectivity index (χ0v) is 19.7. The lowest BCUT2D eigenvalue weighted by molar-refractivity contribution is -0.183. The van der Waals surface area contributed by atoms with Gasteiger partial charge in [0.25, 0.3) is 0 Å². The number of allylic oxidation sites excluding steroid dienone is 2. The van der Waals surface area contributed by atoms with E-state index in [-0.39, 0.29) is 30.1 Å². The summed E-state index contributed by atoms with van der Waals surface area (Å²) in [6.45, 7) is 10.4. The van der Waals surface area contributed by atoms with Crippen molar-refractivity contribution in [2.24, 2.45) is 11.3 Å². The molecule has 1 heterocycles. The molecule has 0 radical (unpaired) electrons. The third kappa shape index (κ3) is 4.30. The highest BCUT2D eigenvalue weighted by Crippen LogP contribution is 2.51. The number of hydrogen-bond acceptors (Lipinski definition) is 7. The Morgan fingerprint density at radius 3 is 2.50 bits per heavy atom. The van der Waals surface area contributed by atoms with Crippen LogP contribution in [-0.2, 0) is 33.4 Å². The predicted octanol–water partition coefficient (Wildman–Crippen LogP) is 3.76. The molecule has 0 aromatic carbocycles. The monoisotopic (exact) mass is 444 g/mol. The van der Waals surface area contributed by atoms with Crippen molar-refractivity contribution in [3.63, 3.8) is 0 Å². The highest BCUT2D eigenvalue weighted by atomic mass is 16.6. The summed E-state index contributed by atoms with van der Waals surface area (Å²) in [6.07, 6.45) is 2.90. The van der Waals surface area contributed by atoms with Crippen LogP contribution in [-0.4, -0.2) is 42.0 Å². The van der Waals surface area contributed by atoms with Crippen molar-refractivity contribution in [2.75, 3.05) is 0 Å². The van der Waals surface area contributed by atoms with Crippen molar-refractivity contribution in [3.8, 4) is 0 Å². The molecule has 0 aromatic rings. The first-order chi connectivity index (χ1) is 15.0. The van der Waals surface area contributed by atoms with Crippen molar-refractivity contribution in [1.82, 2.24) is 0 Å². The summed E-state index contributed by atoms with van der Waals surface area (Å²) in [5.41, 5.74) is 2.19. The molecule has 0 aromatic heterocycles. The maximum atomic E-state index is 13.1. The molecule has 0 fully saturated rings. The van der Waals surface area contributed by atoms with Gasteiger partial charge in [0.1, 0.15) is 12.2 Å². The molecule has 7 heteroatoms. The Balaban J connectivity index is 2.21. The molecule has 0 amide bonds. The van der Waals surface area contributed by atoms with Gasteiger partial charge in [-0.25, -0.2) is 4.79 Å². The molecule has 32 heavy (non-hydrogen) atoms. The summed E-state index contributed by atoms with van der Waals surface area (Å²) in [5, 5.41) is 0. The van der Waals surface area contributed by atoms with Gasteiger partial charge in [-0.2, -0.15) is 0 Å². The van der Waals surface area contributed by atoms with E-state index in [1.165, 1.54) is 13.0 Å². The second-order valence-corrected chi connectivity index (χ2v) is 9.26. The smallest absolute Gasteiger partial charge is 0.334 e.